The van der Waals surface area contributed by atoms with Gasteiger partial charge in [0.15, 0.2) is 6.29 Å². The van der Waals surface area contributed by atoms with Gasteiger partial charge in [0, 0.05) is 6.07 Å². The number of aromatic hydroxyl groups is 1. The van der Waals surface area contributed by atoms with Crippen LogP contribution in [0.15, 0.2) is 12.1 Å². The van der Waals surface area contributed by atoms with Crippen LogP contribution in [0.4, 0.5) is 0 Å². The SMILES string of the molecule is CCCCc1cc(OC2O[C@H](O)[C@@H](O)[C@H](O)[C@H]2CO)cc(O)c1C(=O)O. The molecule has 9 nitrogen and oxygen atoms in total. The zero-order valence-electron chi connectivity index (χ0n) is 14.3. The molecular weight excluding hydrogens is 348 g/mol. The zero-order valence-corrected chi connectivity index (χ0v) is 14.3. The number of benzene rings is 1. The highest BCUT2D eigenvalue weighted by Crippen LogP contribution is 2.33. The summed E-state index contributed by atoms with van der Waals surface area (Å²) in [5.74, 6) is -2.75. The maximum absolute atomic E-state index is 11.4. The number of aliphatic hydroxyl groups is 4. The number of rotatable bonds is 7. The molecule has 2 rings (SSSR count). The lowest BCUT2D eigenvalue weighted by atomic mass is 9.94. The van der Waals surface area contributed by atoms with Crippen molar-refractivity contribution in [3.8, 4) is 11.5 Å². The van der Waals surface area contributed by atoms with E-state index in [-0.39, 0.29) is 11.3 Å². The number of aromatic carboxylic acids is 1. The number of phenols is 1. The Kier molecular flexibility index (Phi) is 6.79. The standard InChI is InChI=1S/C17H24O9/c1-2-3-4-8-5-9(6-11(19)12(8)15(22)23)25-17-10(7-18)13(20)14(21)16(24)26-17/h5-6,10,13-14,16-21,24H,2-4,7H2,1H3,(H,22,23)/t10-,13-,14+,16+,17?/m1/s1. The van der Waals surface area contributed by atoms with Crippen LogP contribution in [0.3, 0.4) is 0 Å². The molecule has 0 radical (unpaired) electrons. The van der Waals surface area contributed by atoms with E-state index in [4.69, 9.17) is 9.47 Å². The Morgan fingerprint density at radius 2 is 1.92 bits per heavy atom. The normalized spacial score (nSPS) is 28.7. The summed E-state index contributed by atoms with van der Waals surface area (Å²) in [6, 6.07) is 2.51. The Hall–Kier alpha value is -1.91. The van der Waals surface area contributed by atoms with Crippen LogP contribution in [0.5, 0.6) is 11.5 Å². The number of carboxylic acid groups (broad SMARTS) is 1. The molecule has 0 aromatic heterocycles. The van der Waals surface area contributed by atoms with Crippen molar-refractivity contribution in [3.63, 3.8) is 0 Å². The van der Waals surface area contributed by atoms with Crippen LogP contribution in [0.2, 0.25) is 0 Å². The lowest BCUT2D eigenvalue weighted by molar-refractivity contribution is -0.312. The lowest BCUT2D eigenvalue weighted by Gasteiger charge is -2.39. The Labute approximate surface area is 150 Å². The van der Waals surface area contributed by atoms with Gasteiger partial charge in [0.25, 0.3) is 0 Å². The van der Waals surface area contributed by atoms with E-state index in [0.717, 1.165) is 12.5 Å². The number of carbonyl (C=O) groups is 1. The smallest absolute Gasteiger partial charge is 0.339 e. The molecule has 1 aliphatic rings. The molecule has 0 aliphatic carbocycles. The quantitative estimate of drug-likeness (QED) is 0.382. The third-order valence-corrected chi connectivity index (χ3v) is 4.35. The number of hydrogen-bond donors (Lipinski definition) is 6. The van der Waals surface area contributed by atoms with E-state index in [1.165, 1.54) is 6.07 Å². The second-order valence-electron chi connectivity index (χ2n) is 6.23. The second kappa shape index (κ2) is 8.65. The van der Waals surface area contributed by atoms with Gasteiger partial charge in [0.05, 0.1) is 18.6 Å². The fourth-order valence-electron chi connectivity index (χ4n) is 2.88. The van der Waals surface area contributed by atoms with Crippen molar-refractivity contribution in [3.05, 3.63) is 23.3 Å². The summed E-state index contributed by atoms with van der Waals surface area (Å²) >= 11 is 0. The first-order chi connectivity index (χ1) is 12.3. The van der Waals surface area contributed by atoms with Gasteiger partial charge in [-0.2, -0.15) is 0 Å². The molecule has 5 atom stereocenters. The summed E-state index contributed by atoms with van der Waals surface area (Å²) in [4.78, 5) is 11.4. The first-order valence-electron chi connectivity index (χ1n) is 8.36. The van der Waals surface area contributed by atoms with Gasteiger partial charge < -0.3 is 40.1 Å². The molecule has 146 valence electrons. The van der Waals surface area contributed by atoms with Gasteiger partial charge in [0.1, 0.15) is 23.2 Å². The summed E-state index contributed by atoms with van der Waals surface area (Å²) in [5, 5.41) is 57.9. The highest BCUT2D eigenvalue weighted by Gasteiger charge is 2.45. The minimum absolute atomic E-state index is 0.0536. The first-order valence-corrected chi connectivity index (χ1v) is 8.36. The molecule has 0 bridgehead atoms. The maximum Gasteiger partial charge on any atom is 0.339 e. The summed E-state index contributed by atoms with van der Waals surface area (Å²) < 4.78 is 10.6. The molecule has 9 heteroatoms. The summed E-state index contributed by atoms with van der Waals surface area (Å²) in [6.07, 6.45) is -4.19. The van der Waals surface area contributed by atoms with E-state index in [0.29, 0.717) is 18.4 Å². The van der Waals surface area contributed by atoms with Crippen molar-refractivity contribution in [1.29, 1.82) is 0 Å². The number of aliphatic hydroxyl groups excluding tert-OH is 4. The molecule has 1 aromatic carbocycles. The topological polar surface area (TPSA) is 157 Å². The van der Waals surface area contributed by atoms with Crippen LogP contribution in [-0.4, -0.2) is 68.0 Å². The van der Waals surface area contributed by atoms with E-state index in [1.807, 2.05) is 6.92 Å². The van der Waals surface area contributed by atoms with Crippen molar-refractivity contribution in [2.75, 3.05) is 6.61 Å². The molecule has 0 spiro atoms. The van der Waals surface area contributed by atoms with Crippen LogP contribution >= 0.6 is 0 Å². The predicted octanol–water partition coefficient (Wildman–Crippen LogP) is -0.183. The highest BCUT2D eigenvalue weighted by molar-refractivity contribution is 5.92. The molecule has 6 N–H and O–H groups in total. The average molecular weight is 372 g/mol. The maximum atomic E-state index is 11.4. The molecule has 1 aromatic rings. The summed E-state index contributed by atoms with van der Waals surface area (Å²) in [6.45, 7) is 1.36. The third kappa shape index (κ3) is 4.25. The molecule has 1 saturated heterocycles. The van der Waals surface area contributed by atoms with Crippen LogP contribution in [0.25, 0.3) is 0 Å². The first kappa shape index (κ1) is 20.4. The Balaban J connectivity index is 2.30. The van der Waals surface area contributed by atoms with E-state index < -0.39 is 49.0 Å². The molecule has 1 aliphatic heterocycles. The van der Waals surface area contributed by atoms with Gasteiger partial charge in [-0.25, -0.2) is 4.79 Å². The molecule has 0 saturated carbocycles. The van der Waals surface area contributed by atoms with Crippen LogP contribution in [0.1, 0.15) is 35.7 Å². The minimum Gasteiger partial charge on any atom is -0.507 e. The monoisotopic (exact) mass is 372 g/mol. The number of aryl methyl sites for hydroxylation is 1. The van der Waals surface area contributed by atoms with Gasteiger partial charge in [-0.05, 0) is 24.5 Å². The Morgan fingerprint density at radius 3 is 2.50 bits per heavy atom. The zero-order chi connectivity index (χ0) is 19.4. The van der Waals surface area contributed by atoms with Gasteiger partial charge in [0.2, 0.25) is 6.29 Å². The predicted molar refractivity (Wildman–Crippen MR) is 87.8 cm³/mol. The minimum atomic E-state index is -1.72. The average Bonchev–Trinajstić information content (AvgIpc) is 2.57. The highest BCUT2D eigenvalue weighted by atomic mass is 16.7. The van der Waals surface area contributed by atoms with Crippen LogP contribution in [-0.2, 0) is 11.2 Å². The van der Waals surface area contributed by atoms with E-state index >= 15 is 0 Å². The van der Waals surface area contributed by atoms with Gasteiger partial charge in [-0.1, -0.05) is 13.3 Å². The Bertz CT molecular complexity index is 633. The van der Waals surface area contributed by atoms with Crippen molar-refractivity contribution >= 4 is 5.97 Å². The number of ether oxygens (including phenoxy) is 2. The van der Waals surface area contributed by atoms with Crippen LogP contribution < -0.4 is 4.74 Å². The summed E-state index contributed by atoms with van der Waals surface area (Å²) in [7, 11) is 0. The van der Waals surface area contributed by atoms with Gasteiger partial charge in [-0.15, -0.1) is 0 Å². The number of unbranched alkanes of at least 4 members (excludes halogenated alkanes) is 1. The fourth-order valence-corrected chi connectivity index (χ4v) is 2.88. The fraction of sp³-hybridized carbons (Fsp3) is 0.588. The summed E-state index contributed by atoms with van der Waals surface area (Å²) in [5.41, 5.74) is 0.149. The molecule has 1 unspecified atom stereocenters. The number of carboxylic acids is 1. The largest absolute Gasteiger partial charge is 0.507 e. The second-order valence-corrected chi connectivity index (χ2v) is 6.23. The third-order valence-electron chi connectivity index (χ3n) is 4.35. The number of hydrogen-bond acceptors (Lipinski definition) is 8. The van der Waals surface area contributed by atoms with Crippen molar-refractivity contribution in [1.82, 2.24) is 0 Å². The van der Waals surface area contributed by atoms with E-state index in [9.17, 15) is 35.4 Å². The van der Waals surface area contributed by atoms with E-state index in [1.54, 1.807) is 0 Å². The van der Waals surface area contributed by atoms with E-state index in [2.05, 4.69) is 0 Å². The molecule has 26 heavy (non-hydrogen) atoms. The van der Waals surface area contributed by atoms with Gasteiger partial charge >= 0.3 is 5.97 Å². The van der Waals surface area contributed by atoms with Crippen molar-refractivity contribution in [2.45, 2.75) is 51.0 Å². The lowest BCUT2D eigenvalue weighted by Crippen LogP contribution is -2.57. The van der Waals surface area contributed by atoms with Gasteiger partial charge in [-0.3, -0.25) is 0 Å². The molecule has 0 amide bonds. The van der Waals surface area contributed by atoms with Crippen LogP contribution in [0, 0.1) is 5.92 Å². The molecular formula is C17H24O9. The van der Waals surface area contributed by atoms with Crippen molar-refractivity contribution < 1.29 is 44.9 Å². The molecule has 1 fully saturated rings. The molecule has 1 heterocycles. The Morgan fingerprint density at radius 1 is 1.23 bits per heavy atom. The van der Waals surface area contributed by atoms with Crippen molar-refractivity contribution in [2.24, 2.45) is 5.92 Å².